The topological polar surface area (TPSA) is 104 Å². The zero-order valence-electron chi connectivity index (χ0n) is 11.0. The molecule has 0 spiro atoms. The molecule has 0 atom stereocenters. The van der Waals surface area contributed by atoms with Crippen LogP contribution in [0.25, 0.3) is 0 Å². The summed E-state index contributed by atoms with van der Waals surface area (Å²) in [6.45, 7) is 0. The SMILES string of the molecule is O=C(O)c1cc(NS(=O)(=O)c2cc(Cl)c(Cl)cc2Cl)ccc1O. The monoisotopic (exact) mass is 395 g/mol. The summed E-state index contributed by atoms with van der Waals surface area (Å²) in [7, 11) is -4.14. The normalized spacial score (nSPS) is 11.3. The molecular weight excluding hydrogens is 389 g/mol. The first-order chi connectivity index (χ1) is 10.6. The number of carbonyl (C=O) groups is 1. The molecule has 0 saturated heterocycles. The number of aromatic carboxylic acids is 1. The van der Waals surface area contributed by atoms with E-state index in [1.165, 1.54) is 12.1 Å². The minimum Gasteiger partial charge on any atom is -0.507 e. The fourth-order valence-corrected chi connectivity index (χ4v) is 3.74. The minimum absolute atomic E-state index is 0.00614. The Kier molecular flexibility index (Phi) is 4.95. The number of phenols is 1. The second kappa shape index (κ2) is 6.45. The molecule has 0 radical (unpaired) electrons. The molecule has 0 amide bonds. The number of benzene rings is 2. The molecule has 0 aliphatic rings. The third kappa shape index (κ3) is 3.81. The van der Waals surface area contributed by atoms with E-state index >= 15 is 0 Å². The van der Waals surface area contributed by atoms with Crippen molar-refractivity contribution in [1.82, 2.24) is 0 Å². The molecule has 0 aromatic heterocycles. The molecule has 2 rings (SSSR count). The van der Waals surface area contributed by atoms with Crippen LogP contribution in [0, 0.1) is 0 Å². The highest BCUT2D eigenvalue weighted by Gasteiger charge is 2.21. The number of carboxylic acids is 1. The number of nitrogens with one attached hydrogen (secondary N) is 1. The number of rotatable bonds is 4. The Morgan fingerprint density at radius 2 is 1.61 bits per heavy atom. The lowest BCUT2D eigenvalue weighted by molar-refractivity contribution is 0.0694. The van der Waals surface area contributed by atoms with Crippen molar-refractivity contribution in [3.8, 4) is 5.75 Å². The van der Waals surface area contributed by atoms with Crippen LogP contribution in [0.5, 0.6) is 5.75 Å². The van der Waals surface area contributed by atoms with Crippen molar-refractivity contribution < 1.29 is 23.4 Å². The molecule has 0 aliphatic carbocycles. The summed E-state index contributed by atoms with van der Waals surface area (Å²) >= 11 is 17.4. The third-order valence-corrected chi connectivity index (χ3v) is 5.31. The number of aromatic hydroxyl groups is 1. The molecule has 0 bridgehead atoms. The first-order valence-electron chi connectivity index (χ1n) is 5.85. The van der Waals surface area contributed by atoms with E-state index in [1.54, 1.807) is 0 Å². The lowest BCUT2D eigenvalue weighted by Gasteiger charge is -2.11. The van der Waals surface area contributed by atoms with E-state index in [9.17, 15) is 18.3 Å². The van der Waals surface area contributed by atoms with Crippen LogP contribution in [0.15, 0.2) is 35.2 Å². The molecule has 2 aromatic carbocycles. The molecule has 2 aromatic rings. The van der Waals surface area contributed by atoms with Crippen LogP contribution in [0.2, 0.25) is 15.1 Å². The summed E-state index contributed by atoms with van der Waals surface area (Å²) in [5.41, 5.74) is -0.521. The van der Waals surface area contributed by atoms with Gasteiger partial charge in [0.25, 0.3) is 10.0 Å². The number of carboxylic acid groups (broad SMARTS) is 1. The van der Waals surface area contributed by atoms with Gasteiger partial charge in [0, 0.05) is 5.69 Å². The summed E-state index contributed by atoms with van der Waals surface area (Å²) in [5.74, 6) is -1.90. The lowest BCUT2D eigenvalue weighted by atomic mass is 10.2. The molecule has 10 heteroatoms. The van der Waals surface area contributed by atoms with Gasteiger partial charge in [0.15, 0.2) is 0 Å². The van der Waals surface area contributed by atoms with Crippen molar-refractivity contribution in [1.29, 1.82) is 0 Å². The average molecular weight is 397 g/mol. The standard InChI is InChI=1S/C13H8Cl3NO5S/c14-8-4-10(16)12(5-9(8)15)23(21,22)17-6-1-2-11(18)7(3-6)13(19)20/h1-5,17-18H,(H,19,20). The van der Waals surface area contributed by atoms with Crippen LogP contribution < -0.4 is 4.72 Å². The number of hydrogen-bond acceptors (Lipinski definition) is 4. The lowest BCUT2D eigenvalue weighted by Crippen LogP contribution is -2.14. The van der Waals surface area contributed by atoms with Crippen molar-refractivity contribution in [3.63, 3.8) is 0 Å². The van der Waals surface area contributed by atoms with E-state index in [0.717, 1.165) is 18.2 Å². The molecule has 0 unspecified atom stereocenters. The van der Waals surface area contributed by atoms with Crippen molar-refractivity contribution in [3.05, 3.63) is 51.0 Å². The van der Waals surface area contributed by atoms with Gasteiger partial charge in [0.1, 0.15) is 16.2 Å². The number of sulfonamides is 1. The van der Waals surface area contributed by atoms with Gasteiger partial charge in [-0.15, -0.1) is 0 Å². The Bertz CT molecular complexity index is 899. The smallest absolute Gasteiger partial charge is 0.339 e. The van der Waals surface area contributed by atoms with Crippen LogP contribution in [-0.2, 0) is 10.0 Å². The van der Waals surface area contributed by atoms with Crippen LogP contribution in [0.4, 0.5) is 5.69 Å². The summed E-state index contributed by atoms with van der Waals surface area (Å²) in [6.07, 6.45) is 0. The second-order valence-corrected chi connectivity index (χ2v) is 7.21. The fraction of sp³-hybridized carbons (Fsp3) is 0. The van der Waals surface area contributed by atoms with Crippen molar-refractivity contribution in [2.24, 2.45) is 0 Å². The summed E-state index contributed by atoms with van der Waals surface area (Å²) in [5, 5.41) is 18.3. The molecule has 0 aliphatic heterocycles. The Morgan fingerprint density at radius 3 is 2.22 bits per heavy atom. The van der Waals surface area contributed by atoms with E-state index < -0.39 is 27.3 Å². The molecule has 0 heterocycles. The Morgan fingerprint density at radius 1 is 1.00 bits per heavy atom. The average Bonchev–Trinajstić information content (AvgIpc) is 2.44. The number of anilines is 1. The molecular formula is C13H8Cl3NO5S. The maximum absolute atomic E-state index is 12.3. The van der Waals surface area contributed by atoms with Crippen LogP contribution >= 0.6 is 34.8 Å². The van der Waals surface area contributed by atoms with Crippen LogP contribution in [-0.4, -0.2) is 24.6 Å². The highest BCUT2D eigenvalue weighted by molar-refractivity contribution is 7.92. The summed E-state index contributed by atoms with van der Waals surface area (Å²) in [6, 6.07) is 5.48. The van der Waals surface area contributed by atoms with Gasteiger partial charge in [-0.1, -0.05) is 34.8 Å². The predicted molar refractivity (Wildman–Crippen MR) is 87.3 cm³/mol. The van der Waals surface area contributed by atoms with Gasteiger partial charge >= 0.3 is 5.97 Å². The van der Waals surface area contributed by atoms with E-state index in [4.69, 9.17) is 39.9 Å². The highest BCUT2D eigenvalue weighted by atomic mass is 35.5. The maximum Gasteiger partial charge on any atom is 0.339 e. The van der Waals surface area contributed by atoms with Gasteiger partial charge in [0.05, 0.1) is 15.1 Å². The molecule has 23 heavy (non-hydrogen) atoms. The fourth-order valence-electron chi connectivity index (χ4n) is 1.69. The van der Waals surface area contributed by atoms with Crippen molar-refractivity contribution in [2.45, 2.75) is 4.90 Å². The van der Waals surface area contributed by atoms with E-state index in [-0.39, 0.29) is 25.7 Å². The Balaban J connectivity index is 2.45. The zero-order valence-corrected chi connectivity index (χ0v) is 14.1. The first kappa shape index (κ1) is 17.7. The highest BCUT2D eigenvalue weighted by Crippen LogP contribution is 2.33. The van der Waals surface area contributed by atoms with Gasteiger partial charge in [0.2, 0.25) is 0 Å². The van der Waals surface area contributed by atoms with E-state index in [2.05, 4.69) is 4.72 Å². The van der Waals surface area contributed by atoms with Crippen LogP contribution in [0.1, 0.15) is 10.4 Å². The predicted octanol–water partition coefficient (Wildman–Crippen LogP) is 3.85. The number of halogens is 3. The van der Waals surface area contributed by atoms with Gasteiger partial charge in [-0.05, 0) is 30.3 Å². The molecule has 0 saturated carbocycles. The van der Waals surface area contributed by atoms with E-state index in [1.807, 2.05) is 0 Å². The molecule has 0 fully saturated rings. The number of hydrogen-bond donors (Lipinski definition) is 3. The van der Waals surface area contributed by atoms with Crippen molar-refractivity contribution in [2.75, 3.05) is 4.72 Å². The molecule has 3 N–H and O–H groups in total. The van der Waals surface area contributed by atoms with Gasteiger partial charge < -0.3 is 10.2 Å². The van der Waals surface area contributed by atoms with Crippen molar-refractivity contribution >= 4 is 56.5 Å². The first-order valence-corrected chi connectivity index (χ1v) is 8.47. The quantitative estimate of drug-likeness (QED) is 0.538. The van der Waals surface area contributed by atoms with Gasteiger partial charge in [-0.3, -0.25) is 4.72 Å². The third-order valence-electron chi connectivity index (χ3n) is 2.74. The zero-order chi connectivity index (χ0) is 17.4. The summed E-state index contributed by atoms with van der Waals surface area (Å²) < 4.78 is 26.8. The Labute approximate surface area is 146 Å². The molecule has 6 nitrogen and oxygen atoms in total. The van der Waals surface area contributed by atoms with Crippen LogP contribution in [0.3, 0.4) is 0 Å². The minimum atomic E-state index is -4.14. The molecule has 122 valence electrons. The van der Waals surface area contributed by atoms with Gasteiger partial charge in [-0.25, -0.2) is 13.2 Å². The van der Waals surface area contributed by atoms with Gasteiger partial charge in [-0.2, -0.15) is 0 Å². The summed E-state index contributed by atoms with van der Waals surface area (Å²) in [4.78, 5) is 10.6. The second-order valence-electron chi connectivity index (χ2n) is 4.34. The Hall–Kier alpha value is -1.67. The maximum atomic E-state index is 12.3. The largest absolute Gasteiger partial charge is 0.507 e. The van der Waals surface area contributed by atoms with E-state index in [0.29, 0.717) is 0 Å².